The van der Waals surface area contributed by atoms with E-state index in [0.717, 1.165) is 18.4 Å². The zero-order chi connectivity index (χ0) is 18.4. The van der Waals surface area contributed by atoms with Gasteiger partial charge in [-0.15, -0.1) is 0 Å². The third-order valence-electron chi connectivity index (χ3n) is 4.13. The molecular formula is C19H28N2O4. The van der Waals surface area contributed by atoms with Crippen LogP contribution in [0.5, 0.6) is 0 Å². The number of benzene rings is 1. The molecule has 2 unspecified atom stereocenters. The van der Waals surface area contributed by atoms with E-state index in [1.54, 1.807) is 4.90 Å². The molecule has 25 heavy (non-hydrogen) atoms. The number of ether oxygens (including phenoxy) is 2. The van der Waals surface area contributed by atoms with E-state index in [9.17, 15) is 9.59 Å². The summed E-state index contributed by atoms with van der Waals surface area (Å²) in [6.07, 6.45) is 0.810. The largest absolute Gasteiger partial charge is 0.445 e. The van der Waals surface area contributed by atoms with E-state index in [-0.39, 0.29) is 24.8 Å². The molecule has 138 valence electrons. The van der Waals surface area contributed by atoms with Crippen molar-refractivity contribution in [2.75, 3.05) is 6.54 Å². The maximum absolute atomic E-state index is 12.3. The van der Waals surface area contributed by atoms with Gasteiger partial charge in [0.2, 0.25) is 0 Å². The second-order valence-electron chi connectivity index (χ2n) is 7.37. The number of carbonyl (C=O) groups is 2. The summed E-state index contributed by atoms with van der Waals surface area (Å²) in [5.74, 6) is 0. The van der Waals surface area contributed by atoms with Gasteiger partial charge in [0, 0.05) is 6.54 Å². The number of carbonyl (C=O) groups excluding carboxylic acids is 2. The van der Waals surface area contributed by atoms with Gasteiger partial charge >= 0.3 is 12.2 Å². The molecule has 1 heterocycles. The van der Waals surface area contributed by atoms with Gasteiger partial charge in [-0.25, -0.2) is 9.59 Å². The van der Waals surface area contributed by atoms with Crippen LogP contribution in [-0.4, -0.2) is 41.3 Å². The predicted molar refractivity (Wildman–Crippen MR) is 95.2 cm³/mol. The molecular weight excluding hydrogens is 320 g/mol. The molecule has 0 bridgehead atoms. The molecule has 6 heteroatoms. The second-order valence-corrected chi connectivity index (χ2v) is 7.37. The molecule has 1 fully saturated rings. The SMILES string of the molecule is CC1C(NC(=O)OCc2ccccc2)CCCN1C(=O)OC(C)(C)C. The molecule has 2 amide bonds. The van der Waals surface area contributed by atoms with Crippen LogP contribution in [0, 0.1) is 0 Å². The summed E-state index contributed by atoms with van der Waals surface area (Å²) in [5.41, 5.74) is 0.399. The normalized spacial score (nSPS) is 20.7. The first-order valence-corrected chi connectivity index (χ1v) is 8.73. The highest BCUT2D eigenvalue weighted by molar-refractivity contribution is 5.70. The van der Waals surface area contributed by atoms with Crippen LogP contribution >= 0.6 is 0 Å². The lowest BCUT2D eigenvalue weighted by molar-refractivity contribution is 0.00666. The van der Waals surface area contributed by atoms with Crippen LogP contribution in [0.1, 0.15) is 46.1 Å². The molecule has 1 aliphatic heterocycles. The Morgan fingerprint density at radius 2 is 1.92 bits per heavy atom. The van der Waals surface area contributed by atoms with E-state index in [1.165, 1.54) is 0 Å². The van der Waals surface area contributed by atoms with Crippen molar-refractivity contribution in [3.05, 3.63) is 35.9 Å². The molecule has 1 saturated heterocycles. The van der Waals surface area contributed by atoms with Gasteiger partial charge in [-0.1, -0.05) is 30.3 Å². The van der Waals surface area contributed by atoms with Crippen molar-refractivity contribution in [3.8, 4) is 0 Å². The van der Waals surface area contributed by atoms with Crippen LogP contribution in [-0.2, 0) is 16.1 Å². The third-order valence-corrected chi connectivity index (χ3v) is 4.13. The summed E-state index contributed by atoms with van der Waals surface area (Å²) in [7, 11) is 0. The summed E-state index contributed by atoms with van der Waals surface area (Å²) in [5, 5.41) is 2.88. The minimum atomic E-state index is -0.536. The number of nitrogens with one attached hydrogen (secondary N) is 1. The van der Waals surface area contributed by atoms with Crippen LogP contribution in [0.2, 0.25) is 0 Å². The molecule has 1 aromatic rings. The molecule has 0 aromatic heterocycles. The average Bonchev–Trinajstić information content (AvgIpc) is 2.54. The maximum atomic E-state index is 12.3. The smallest absolute Gasteiger partial charge is 0.410 e. The van der Waals surface area contributed by atoms with E-state index < -0.39 is 11.7 Å². The van der Waals surface area contributed by atoms with Gasteiger partial charge in [-0.05, 0) is 46.1 Å². The number of hydrogen-bond acceptors (Lipinski definition) is 4. The first-order chi connectivity index (χ1) is 11.8. The Hall–Kier alpha value is -2.24. The minimum Gasteiger partial charge on any atom is -0.445 e. The lowest BCUT2D eigenvalue weighted by Crippen LogP contribution is -2.56. The van der Waals surface area contributed by atoms with Gasteiger partial charge in [0.05, 0.1) is 12.1 Å². The molecule has 0 spiro atoms. The van der Waals surface area contributed by atoms with Crippen molar-refractivity contribution in [1.82, 2.24) is 10.2 Å². The molecule has 1 aromatic carbocycles. The van der Waals surface area contributed by atoms with Gasteiger partial charge in [0.25, 0.3) is 0 Å². The number of nitrogens with zero attached hydrogens (tertiary/aromatic N) is 1. The summed E-state index contributed by atoms with van der Waals surface area (Å²) in [4.78, 5) is 26.1. The van der Waals surface area contributed by atoms with Crippen molar-refractivity contribution >= 4 is 12.2 Å². The van der Waals surface area contributed by atoms with Crippen molar-refractivity contribution in [3.63, 3.8) is 0 Å². The Morgan fingerprint density at radius 3 is 2.56 bits per heavy atom. The highest BCUT2D eigenvalue weighted by Crippen LogP contribution is 2.21. The molecule has 1 aliphatic rings. The number of amides is 2. The fourth-order valence-corrected chi connectivity index (χ4v) is 2.83. The van der Waals surface area contributed by atoms with E-state index >= 15 is 0 Å². The number of likely N-dealkylation sites (tertiary alicyclic amines) is 1. The Morgan fingerprint density at radius 1 is 1.24 bits per heavy atom. The van der Waals surface area contributed by atoms with Gasteiger partial charge < -0.3 is 19.7 Å². The number of hydrogen-bond donors (Lipinski definition) is 1. The first-order valence-electron chi connectivity index (χ1n) is 8.73. The molecule has 0 aliphatic carbocycles. The second kappa shape index (κ2) is 8.23. The molecule has 1 N–H and O–H groups in total. The average molecular weight is 348 g/mol. The quantitative estimate of drug-likeness (QED) is 0.904. The number of alkyl carbamates (subject to hydrolysis) is 1. The molecule has 2 rings (SSSR count). The predicted octanol–water partition coefficient (Wildman–Crippen LogP) is 3.70. The Bertz CT molecular complexity index is 583. The molecule has 0 saturated carbocycles. The Kier molecular flexibility index (Phi) is 6.28. The Balaban J connectivity index is 1.86. The summed E-state index contributed by atoms with van der Waals surface area (Å²) >= 11 is 0. The maximum Gasteiger partial charge on any atom is 0.410 e. The highest BCUT2D eigenvalue weighted by Gasteiger charge is 2.34. The van der Waals surface area contributed by atoms with Crippen LogP contribution in [0.3, 0.4) is 0 Å². The number of piperidine rings is 1. The van der Waals surface area contributed by atoms with Gasteiger partial charge in [0.1, 0.15) is 12.2 Å². The fourth-order valence-electron chi connectivity index (χ4n) is 2.83. The zero-order valence-electron chi connectivity index (χ0n) is 15.5. The van der Waals surface area contributed by atoms with Crippen LogP contribution in [0.25, 0.3) is 0 Å². The third kappa shape index (κ3) is 5.96. The van der Waals surface area contributed by atoms with Crippen LogP contribution < -0.4 is 5.32 Å². The van der Waals surface area contributed by atoms with E-state index in [0.29, 0.717) is 6.54 Å². The molecule has 6 nitrogen and oxygen atoms in total. The van der Waals surface area contributed by atoms with Crippen LogP contribution in [0.15, 0.2) is 30.3 Å². The van der Waals surface area contributed by atoms with Crippen molar-refractivity contribution in [2.45, 2.75) is 64.8 Å². The van der Waals surface area contributed by atoms with Crippen LogP contribution in [0.4, 0.5) is 9.59 Å². The lowest BCUT2D eigenvalue weighted by atomic mass is 9.98. The summed E-state index contributed by atoms with van der Waals surface area (Å²) in [6, 6.07) is 9.23. The van der Waals surface area contributed by atoms with Crippen molar-refractivity contribution in [2.24, 2.45) is 0 Å². The number of rotatable bonds is 3. The fraction of sp³-hybridized carbons (Fsp3) is 0.579. The Labute approximate surface area is 149 Å². The van der Waals surface area contributed by atoms with Crippen molar-refractivity contribution < 1.29 is 19.1 Å². The first kappa shape index (κ1) is 19.1. The lowest BCUT2D eigenvalue weighted by Gasteiger charge is -2.39. The molecule has 0 radical (unpaired) electrons. The van der Waals surface area contributed by atoms with E-state index in [1.807, 2.05) is 58.0 Å². The topological polar surface area (TPSA) is 67.9 Å². The van der Waals surface area contributed by atoms with Gasteiger partial charge in [-0.3, -0.25) is 0 Å². The van der Waals surface area contributed by atoms with Gasteiger partial charge in [0.15, 0.2) is 0 Å². The highest BCUT2D eigenvalue weighted by atomic mass is 16.6. The summed E-state index contributed by atoms with van der Waals surface area (Å²) < 4.78 is 10.7. The van der Waals surface area contributed by atoms with E-state index in [4.69, 9.17) is 9.47 Å². The van der Waals surface area contributed by atoms with Gasteiger partial charge in [-0.2, -0.15) is 0 Å². The van der Waals surface area contributed by atoms with Crippen molar-refractivity contribution in [1.29, 1.82) is 0 Å². The molecule has 2 atom stereocenters. The minimum absolute atomic E-state index is 0.145. The monoisotopic (exact) mass is 348 g/mol. The van der Waals surface area contributed by atoms with E-state index in [2.05, 4.69) is 5.32 Å². The zero-order valence-corrected chi connectivity index (χ0v) is 15.5. The standard InChI is InChI=1S/C19H28N2O4/c1-14-16(11-8-12-21(14)18(23)25-19(2,3)4)20-17(22)24-13-15-9-6-5-7-10-15/h5-7,9-10,14,16H,8,11-13H2,1-4H3,(H,20,22). The summed E-state index contributed by atoms with van der Waals surface area (Å²) in [6.45, 7) is 8.31.